The number of carbonyl (C=O) groups is 1. The maximum absolute atomic E-state index is 11.4. The molecular weight excluding hydrogens is 232 g/mol. The van der Waals surface area contributed by atoms with Crippen LogP contribution >= 0.6 is 12.6 Å². The Morgan fingerprint density at radius 3 is 2.12 bits per heavy atom. The molecule has 0 aliphatic heterocycles. The lowest BCUT2D eigenvalue weighted by Gasteiger charge is -2.05. The first-order valence-corrected chi connectivity index (χ1v) is 5.90. The van der Waals surface area contributed by atoms with Gasteiger partial charge in [-0.05, 0) is 36.4 Å². The first-order chi connectivity index (χ1) is 8.29. The fourth-order valence-corrected chi connectivity index (χ4v) is 1.61. The molecule has 2 aromatic carbocycles. The van der Waals surface area contributed by atoms with Crippen LogP contribution < -0.4 is 4.74 Å². The van der Waals surface area contributed by atoms with E-state index in [1.54, 1.807) is 24.3 Å². The van der Waals surface area contributed by atoms with Crippen LogP contribution in [0.1, 0.15) is 10.4 Å². The summed E-state index contributed by atoms with van der Waals surface area (Å²) < 4.78 is 5.62. The molecule has 0 saturated heterocycles. The summed E-state index contributed by atoms with van der Waals surface area (Å²) in [7, 11) is 0. The van der Waals surface area contributed by atoms with Gasteiger partial charge in [-0.15, -0.1) is 0 Å². The molecule has 0 radical (unpaired) electrons. The van der Waals surface area contributed by atoms with Gasteiger partial charge < -0.3 is 4.74 Å². The topological polar surface area (TPSA) is 26.3 Å². The number of hydrogen-bond donors (Lipinski definition) is 1. The third-order valence-electron chi connectivity index (χ3n) is 2.30. The van der Waals surface area contributed by atoms with Crippen LogP contribution in [-0.4, -0.2) is 11.5 Å². The molecule has 0 saturated carbocycles. The summed E-state index contributed by atoms with van der Waals surface area (Å²) in [5, 5.41) is 0. The predicted octanol–water partition coefficient (Wildman–Crippen LogP) is 3.59. The monoisotopic (exact) mass is 244 g/mol. The van der Waals surface area contributed by atoms with Gasteiger partial charge in [0.2, 0.25) is 0 Å². The van der Waals surface area contributed by atoms with Crippen molar-refractivity contribution < 1.29 is 9.53 Å². The molecule has 0 aliphatic carbocycles. The average Bonchev–Trinajstić information content (AvgIpc) is 2.40. The van der Waals surface area contributed by atoms with Gasteiger partial charge in [0, 0.05) is 5.56 Å². The minimum Gasteiger partial charge on any atom is -0.457 e. The lowest BCUT2D eigenvalue weighted by molar-refractivity contribution is 0.102. The molecule has 2 rings (SSSR count). The number of Topliss-reactive ketones (excluding diaryl/α,β-unsaturated/α-hetero) is 1. The Bertz CT molecular complexity index is 491. The van der Waals surface area contributed by atoms with Crippen LogP contribution in [0.2, 0.25) is 0 Å². The molecule has 0 spiro atoms. The molecule has 0 fully saturated rings. The molecular formula is C14H12O2S. The Morgan fingerprint density at radius 2 is 1.53 bits per heavy atom. The van der Waals surface area contributed by atoms with E-state index in [2.05, 4.69) is 12.6 Å². The van der Waals surface area contributed by atoms with Crippen molar-refractivity contribution in [2.75, 3.05) is 5.75 Å². The molecule has 0 aromatic heterocycles. The van der Waals surface area contributed by atoms with E-state index in [9.17, 15) is 4.79 Å². The number of thiol groups is 1. The number of benzene rings is 2. The van der Waals surface area contributed by atoms with Gasteiger partial charge in [0.1, 0.15) is 11.5 Å². The molecule has 0 atom stereocenters. The number of ketones is 1. The fraction of sp³-hybridized carbons (Fsp3) is 0.0714. The molecule has 0 N–H and O–H groups in total. The van der Waals surface area contributed by atoms with E-state index in [1.165, 1.54) is 0 Å². The van der Waals surface area contributed by atoms with E-state index in [0.717, 1.165) is 5.75 Å². The summed E-state index contributed by atoms with van der Waals surface area (Å²) in [5.41, 5.74) is 0.653. The van der Waals surface area contributed by atoms with Crippen molar-refractivity contribution in [3.8, 4) is 11.5 Å². The van der Waals surface area contributed by atoms with Gasteiger partial charge in [-0.2, -0.15) is 12.6 Å². The zero-order chi connectivity index (χ0) is 12.1. The van der Waals surface area contributed by atoms with Crippen LogP contribution in [0.4, 0.5) is 0 Å². The van der Waals surface area contributed by atoms with Crippen molar-refractivity contribution >= 4 is 18.4 Å². The van der Waals surface area contributed by atoms with E-state index >= 15 is 0 Å². The Hall–Kier alpha value is -1.74. The number of hydrogen-bond acceptors (Lipinski definition) is 3. The summed E-state index contributed by atoms with van der Waals surface area (Å²) >= 11 is 3.95. The summed E-state index contributed by atoms with van der Waals surface area (Å²) in [5.74, 6) is 1.73. The van der Waals surface area contributed by atoms with Crippen molar-refractivity contribution in [3.05, 3.63) is 60.2 Å². The molecule has 0 aliphatic rings. The van der Waals surface area contributed by atoms with Crippen LogP contribution in [0.5, 0.6) is 11.5 Å². The van der Waals surface area contributed by atoms with Gasteiger partial charge >= 0.3 is 0 Å². The molecule has 0 bridgehead atoms. The highest BCUT2D eigenvalue weighted by molar-refractivity contribution is 7.81. The zero-order valence-corrected chi connectivity index (χ0v) is 10.1. The Balaban J connectivity index is 2.11. The second kappa shape index (κ2) is 5.55. The number of carbonyl (C=O) groups excluding carboxylic acids is 1. The molecule has 17 heavy (non-hydrogen) atoms. The molecule has 2 nitrogen and oxygen atoms in total. The second-order valence-electron chi connectivity index (χ2n) is 3.52. The SMILES string of the molecule is O=C(CS)c1ccc(Oc2ccccc2)cc1. The molecule has 2 aromatic rings. The Morgan fingerprint density at radius 1 is 0.941 bits per heavy atom. The first-order valence-electron chi connectivity index (χ1n) is 5.26. The van der Waals surface area contributed by atoms with Crippen molar-refractivity contribution in [2.24, 2.45) is 0 Å². The zero-order valence-electron chi connectivity index (χ0n) is 9.17. The van der Waals surface area contributed by atoms with E-state index in [4.69, 9.17) is 4.74 Å². The molecule has 3 heteroatoms. The average molecular weight is 244 g/mol. The fourth-order valence-electron chi connectivity index (χ4n) is 1.42. The standard InChI is InChI=1S/C14H12O2S/c15-14(10-17)11-6-8-13(9-7-11)16-12-4-2-1-3-5-12/h1-9,17H,10H2. The molecule has 86 valence electrons. The highest BCUT2D eigenvalue weighted by Gasteiger charge is 2.03. The van der Waals surface area contributed by atoms with E-state index in [1.807, 2.05) is 30.3 Å². The number of rotatable bonds is 4. The Kier molecular flexibility index (Phi) is 3.83. The molecule has 0 heterocycles. The molecule has 0 amide bonds. The van der Waals surface area contributed by atoms with Gasteiger partial charge in [-0.1, -0.05) is 18.2 Å². The highest BCUT2D eigenvalue weighted by Crippen LogP contribution is 2.21. The molecule has 0 unspecified atom stereocenters. The van der Waals surface area contributed by atoms with E-state index in [0.29, 0.717) is 11.3 Å². The van der Waals surface area contributed by atoms with Gasteiger partial charge in [0.05, 0.1) is 5.75 Å². The van der Waals surface area contributed by atoms with E-state index < -0.39 is 0 Å². The summed E-state index contributed by atoms with van der Waals surface area (Å²) in [4.78, 5) is 11.4. The van der Waals surface area contributed by atoms with Crippen LogP contribution in [0, 0.1) is 0 Å². The first kappa shape index (κ1) is 11.7. The van der Waals surface area contributed by atoms with Crippen LogP contribution in [0.3, 0.4) is 0 Å². The summed E-state index contributed by atoms with van der Waals surface area (Å²) in [6, 6.07) is 16.6. The van der Waals surface area contributed by atoms with Gasteiger partial charge in [0.15, 0.2) is 5.78 Å². The maximum Gasteiger partial charge on any atom is 0.172 e. The van der Waals surface area contributed by atoms with Gasteiger partial charge in [0.25, 0.3) is 0 Å². The van der Waals surface area contributed by atoms with Crippen molar-refractivity contribution in [1.82, 2.24) is 0 Å². The minimum absolute atomic E-state index is 0.0135. The summed E-state index contributed by atoms with van der Waals surface area (Å²) in [6.07, 6.45) is 0. The van der Waals surface area contributed by atoms with Crippen molar-refractivity contribution in [2.45, 2.75) is 0 Å². The van der Waals surface area contributed by atoms with Crippen molar-refractivity contribution in [1.29, 1.82) is 0 Å². The predicted molar refractivity (Wildman–Crippen MR) is 71.1 cm³/mol. The largest absolute Gasteiger partial charge is 0.457 e. The second-order valence-corrected chi connectivity index (χ2v) is 3.84. The third-order valence-corrected chi connectivity index (χ3v) is 2.59. The highest BCUT2D eigenvalue weighted by atomic mass is 32.1. The maximum atomic E-state index is 11.4. The number of ether oxygens (including phenoxy) is 1. The van der Waals surface area contributed by atoms with E-state index in [-0.39, 0.29) is 11.5 Å². The van der Waals surface area contributed by atoms with Crippen LogP contribution in [0.25, 0.3) is 0 Å². The van der Waals surface area contributed by atoms with Gasteiger partial charge in [-0.3, -0.25) is 4.79 Å². The van der Waals surface area contributed by atoms with Crippen molar-refractivity contribution in [3.63, 3.8) is 0 Å². The van der Waals surface area contributed by atoms with Crippen LogP contribution in [-0.2, 0) is 0 Å². The third kappa shape index (κ3) is 3.11. The quantitative estimate of drug-likeness (QED) is 0.657. The number of para-hydroxylation sites is 1. The van der Waals surface area contributed by atoms with Crippen LogP contribution in [0.15, 0.2) is 54.6 Å². The van der Waals surface area contributed by atoms with Gasteiger partial charge in [-0.25, -0.2) is 0 Å². The summed E-state index contributed by atoms with van der Waals surface area (Å²) in [6.45, 7) is 0. The normalized spacial score (nSPS) is 9.94. The lowest BCUT2D eigenvalue weighted by atomic mass is 10.1. The lowest BCUT2D eigenvalue weighted by Crippen LogP contribution is -1.99. The Labute approximate surface area is 106 Å². The minimum atomic E-state index is 0.0135. The smallest absolute Gasteiger partial charge is 0.172 e.